The van der Waals surface area contributed by atoms with Crippen molar-refractivity contribution in [3.8, 4) is 11.1 Å². The second-order valence-electron chi connectivity index (χ2n) is 4.29. The van der Waals surface area contributed by atoms with Crippen molar-refractivity contribution in [2.45, 2.75) is 20.3 Å². The van der Waals surface area contributed by atoms with Gasteiger partial charge >= 0.3 is 5.97 Å². The Balaban J connectivity index is 0.000000383. The molecule has 0 aliphatic heterocycles. The molecule has 0 saturated heterocycles. The van der Waals surface area contributed by atoms with Gasteiger partial charge in [-0.05, 0) is 25.0 Å². The molecule has 5 nitrogen and oxygen atoms in total. The predicted molar refractivity (Wildman–Crippen MR) is 80.0 cm³/mol. The van der Waals surface area contributed by atoms with Gasteiger partial charge in [0.2, 0.25) is 0 Å². The van der Waals surface area contributed by atoms with Crippen molar-refractivity contribution >= 4 is 12.4 Å². The molecule has 0 spiro atoms. The van der Waals surface area contributed by atoms with Crippen LogP contribution < -0.4 is 0 Å². The number of aliphatic carboxylic acids is 1. The Hall–Kier alpha value is -2.56. The highest BCUT2D eigenvalue weighted by Gasteiger charge is 2.10. The average Bonchev–Trinajstić information content (AvgIpc) is 2.82. The Bertz CT molecular complexity index is 575. The minimum atomic E-state index is -0.815. The Morgan fingerprint density at radius 3 is 2.48 bits per heavy atom. The molecule has 2 N–H and O–H groups in total. The van der Waals surface area contributed by atoms with E-state index in [2.05, 4.69) is 9.72 Å². The molecule has 2 aromatic rings. The van der Waals surface area contributed by atoms with Gasteiger partial charge in [-0.2, -0.15) is 0 Å². The number of carboxylic acid groups (broad SMARTS) is 1. The minimum Gasteiger partial charge on any atom is -0.481 e. The van der Waals surface area contributed by atoms with Crippen LogP contribution in [0.1, 0.15) is 18.2 Å². The number of ether oxygens (including phenoxy) is 1. The van der Waals surface area contributed by atoms with Crippen molar-refractivity contribution in [3.63, 3.8) is 0 Å². The molecular formula is C16H19NO4. The first-order valence-electron chi connectivity index (χ1n) is 6.59. The van der Waals surface area contributed by atoms with Gasteiger partial charge in [-0.15, -0.1) is 0 Å². The van der Waals surface area contributed by atoms with Gasteiger partial charge in [-0.1, -0.05) is 30.3 Å². The third-order valence-corrected chi connectivity index (χ3v) is 2.89. The molecule has 2 rings (SSSR count). The van der Waals surface area contributed by atoms with E-state index >= 15 is 0 Å². The smallest absolute Gasteiger partial charge is 0.309 e. The van der Waals surface area contributed by atoms with Crippen LogP contribution in [-0.4, -0.2) is 29.1 Å². The molecule has 0 bridgehead atoms. The number of carbonyl (C=O) groups is 2. The zero-order chi connectivity index (χ0) is 15.7. The molecule has 0 unspecified atom stereocenters. The van der Waals surface area contributed by atoms with E-state index < -0.39 is 5.97 Å². The van der Waals surface area contributed by atoms with Crippen molar-refractivity contribution in [1.82, 2.24) is 4.98 Å². The number of hydrogen-bond donors (Lipinski definition) is 2. The Labute approximate surface area is 123 Å². The number of rotatable bonds is 5. The van der Waals surface area contributed by atoms with Gasteiger partial charge in [0.25, 0.3) is 6.47 Å². The maximum Gasteiger partial charge on any atom is 0.309 e. The molecule has 1 heterocycles. The van der Waals surface area contributed by atoms with E-state index in [1.165, 1.54) is 0 Å². The largest absolute Gasteiger partial charge is 0.481 e. The molecule has 5 heteroatoms. The normalized spacial score (nSPS) is 9.43. The standard InChI is InChI=1S/C13H13NO2.C3H6O2/c1-9-11(10-5-3-2-4-6-10)8-14-12(9)7-13(15)16;1-2-5-3-4/h2-6,8,14H,7H2,1H3,(H,15,16);3H,2H2,1H3. The number of aromatic amines is 1. The fourth-order valence-corrected chi connectivity index (χ4v) is 1.86. The monoisotopic (exact) mass is 289 g/mol. The summed E-state index contributed by atoms with van der Waals surface area (Å²) in [5, 5.41) is 8.75. The van der Waals surface area contributed by atoms with Crippen LogP contribution in [0.4, 0.5) is 0 Å². The van der Waals surface area contributed by atoms with Crippen molar-refractivity contribution in [2.75, 3.05) is 6.61 Å². The number of carboxylic acids is 1. The molecule has 0 aliphatic carbocycles. The summed E-state index contributed by atoms with van der Waals surface area (Å²) < 4.78 is 4.15. The molecule has 0 atom stereocenters. The third-order valence-electron chi connectivity index (χ3n) is 2.89. The van der Waals surface area contributed by atoms with Gasteiger partial charge in [0, 0.05) is 17.5 Å². The summed E-state index contributed by atoms with van der Waals surface area (Å²) in [5.74, 6) is -0.815. The SMILES string of the molecule is CCOC=O.Cc1c(-c2ccccc2)c[nH]c1CC(=O)O. The average molecular weight is 289 g/mol. The van der Waals surface area contributed by atoms with Crippen molar-refractivity contribution in [3.05, 3.63) is 47.8 Å². The third kappa shape index (κ3) is 5.14. The van der Waals surface area contributed by atoms with E-state index in [9.17, 15) is 9.59 Å². The molecule has 1 aromatic heterocycles. The predicted octanol–water partition coefficient (Wildman–Crippen LogP) is 2.80. The summed E-state index contributed by atoms with van der Waals surface area (Å²) in [5.41, 5.74) is 3.95. The maximum atomic E-state index is 10.6. The lowest BCUT2D eigenvalue weighted by Gasteiger charge is -2.00. The fraction of sp³-hybridized carbons (Fsp3) is 0.250. The lowest BCUT2D eigenvalue weighted by atomic mass is 10.0. The molecular weight excluding hydrogens is 270 g/mol. The summed E-state index contributed by atoms with van der Waals surface area (Å²) in [6, 6.07) is 9.93. The summed E-state index contributed by atoms with van der Waals surface area (Å²) in [4.78, 5) is 22.9. The number of carbonyl (C=O) groups excluding carboxylic acids is 1. The van der Waals surface area contributed by atoms with E-state index in [1.54, 1.807) is 6.92 Å². The first-order valence-corrected chi connectivity index (χ1v) is 6.59. The first kappa shape index (κ1) is 16.5. The van der Waals surface area contributed by atoms with E-state index in [-0.39, 0.29) is 6.42 Å². The summed E-state index contributed by atoms with van der Waals surface area (Å²) >= 11 is 0. The van der Waals surface area contributed by atoms with Crippen molar-refractivity contribution < 1.29 is 19.4 Å². The highest BCUT2D eigenvalue weighted by Crippen LogP contribution is 2.25. The quantitative estimate of drug-likeness (QED) is 0.829. The van der Waals surface area contributed by atoms with Crippen LogP contribution in [0.15, 0.2) is 36.5 Å². The van der Waals surface area contributed by atoms with Crippen LogP contribution in [0, 0.1) is 6.92 Å². The van der Waals surface area contributed by atoms with Crippen LogP contribution >= 0.6 is 0 Å². The molecule has 0 aliphatic rings. The first-order chi connectivity index (χ1) is 10.1. The van der Waals surface area contributed by atoms with Crippen molar-refractivity contribution in [1.29, 1.82) is 0 Å². The number of hydrogen-bond acceptors (Lipinski definition) is 3. The van der Waals surface area contributed by atoms with Crippen LogP contribution in [0.5, 0.6) is 0 Å². The topological polar surface area (TPSA) is 79.4 Å². The second kappa shape index (κ2) is 8.58. The molecule has 0 amide bonds. The van der Waals surface area contributed by atoms with Gasteiger partial charge in [0.15, 0.2) is 0 Å². The van der Waals surface area contributed by atoms with Crippen molar-refractivity contribution in [2.24, 2.45) is 0 Å². The van der Waals surface area contributed by atoms with Crippen LogP contribution in [0.25, 0.3) is 11.1 Å². The number of benzene rings is 1. The van der Waals surface area contributed by atoms with Gasteiger partial charge in [0.05, 0.1) is 13.0 Å². The second-order valence-corrected chi connectivity index (χ2v) is 4.29. The Morgan fingerprint density at radius 2 is 2.00 bits per heavy atom. The molecule has 0 radical (unpaired) electrons. The maximum absolute atomic E-state index is 10.6. The fourth-order valence-electron chi connectivity index (χ4n) is 1.86. The Kier molecular flexibility index (Phi) is 6.74. The summed E-state index contributed by atoms with van der Waals surface area (Å²) in [7, 11) is 0. The Morgan fingerprint density at radius 1 is 1.33 bits per heavy atom. The minimum absolute atomic E-state index is 0.0403. The number of H-pyrrole nitrogens is 1. The van der Waals surface area contributed by atoms with Crippen LogP contribution in [0.3, 0.4) is 0 Å². The molecule has 0 fully saturated rings. The molecule has 21 heavy (non-hydrogen) atoms. The van der Waals surface area contributed by atoms with E-state index in [0.717, 1.165) is 22.4 Å². The number of aromatic nitrogens is 1. The van der Waals surface area contributed by atoms with Gasteiger partial charge < -0.3 is 14.8 Å². The molecule has 1 aromatic carbocycles. The summed E-state index contributed by atoms with van der Waals surface area (Å²) in [6.45, 7) is 4.61. The lowest BCUT2D eigenvalue weighted by Crippen LogP contribution is -2.01. The highest BCUT2D eigenvalue weighted by atomic mass is 16.5. The van der Waals surface area contributed by atoms with Gasteiger partial charge in [0.1, 0.15) is 0 Å². The molecule has 0 saturated carbocycles. The zero-order valence-corrected chi connectivity index (χ0v) is 12.1. The van der Waals surface area contributed by atoms with E-state index in [1.807, 2.05) is 43.5 Å². The van der Waals surface area contributed by atoms with E-state index in [0.29, 0.717) is 13.1 Å². The van der Waals surface area contributed by atoms with Crippen LogP contribution in [-0.2, 0) is 20.7 Å². The molecule has 112 valence electrons. The van der Waals surface area contributed by atoms with Crippen LogP contribution in [0.2, 0.25) is 0 Å². The summed E-state index contributed by atoms with van der Waals surface area (Å²) in [6.07, 6.45) is 1.90. The number of nitrogens with one attached hydrogen (secondary N) is 1. The van der Waals surface area contributed by atoms with Gasteiger partial charge in [-0.3, -0.25) is 9.59 Å². The van der Waals surface area contributed by atoms with Gasteiger partial charge in [-0.25, -0.2) is 0 Å². The lowest BCUT2D eigenvalue weighted by molar-refractivity contribution is -0.136. The zero-order valence-electron chi connectivity index (χ0n) is 12.1. The van der Waals surface area contributed by atoms with E-state index in [4.69, 9.17) is 5.11 Å². The highest BCUT2D eigenvalue weighted by molar-refractivity contribution is 5.73.